The van der Waals surface area contributed by atoms with E-state index >= 15 is 0 Å². The molecule has 264 valence electrons. The van der Waals surface area contributed by atoms with Crippen LogP contribution in [0.25, 0.3) is 0 Å². The molecule has 0 radical (unpaired) electrons. The van der Waals surface area contributed by atoms with Crippen LogP contribution in [0.1, 0.15) is 19.3 Å². The maximum atomic E-state index is 12.5. The molecule has 0 N–H and O–H groups in total. The third-order valence-corrected chi connectivity index (χ3v) is 6.51. The van der Waals surface area contributed by atoms with Gasteiger partial charge in [0.1, 0.15) is 76.6 Å². The van der Waals surface area contributed by atoms with E-state index < -0.39 is 37.8 Å². The van der Waals surface area contributed by atoms with Gasteiger partial charge in [-0.15, -0.1) is 15.0 Å². The van der Waals surface area contributed by atoms with Crippen LogP contribution < -0.4 is 27.9 Å². The Morgan fingerprint density at radius 3 is 1.00 bits per heavy atom. The van der Waals surface area contributed by atoms with Crippen molar-refractivity contribution in [2.75, 3.05) is 19.8 Å². The Kier molecular flexibility index (Phi) is 12.1. The minimum absolute atomic E-state index is 0.0133. The fourth-order valence-electron chi connectivity index (χ4n) is 4.12. The second-order valence-corrected chi connectivity index (χ2v) is 10.5. The van der Waals surface area contributed by atoms with Crippen molar-refractivity contribution in [2.45, 2.75) is 77.1 Å². The first-order valence-corrected chi connectivity index (χ1v) is 14.6. The highest BCUT2D eigenvalue weighted by atomic mass is 19.4. The lowest BCUT2D eigenvalue weighted by Crippen LogP contribution is -2.34. The summed E-state index contributed by atoms with van der Waals surface area (Å²) in [5, 5.41) is 0. The zero-order valence-corrected chi connectivity index (χ0v) is 25.3. The Balaban J connectivity index is 1.33. The van der Waals surface area contributed by atoms with Crippen LogP contribution in [0, 0.1) is 0 Å². The summed E-state index contributed by atoms with van der Waals surface area (Å²) in [6.45, 7) is 0.0411. The number of hydrogen-bond acceptors (Lipinski definition) is 6. The lowest BCUT2D eigenvalue weighted by atomic mass is 10.4. The molecule has 0 amide bonds. The summed E-state index contributed by atoms with van der Waals surface area (Å²) >= 11 is 0. The second-order valence-electron chi connectivity index (χ2n) is 10.5. The molecular formula is C27H33F9N9O3+3. The average molecular weight is 703 g/mol. The predicted molar refractivity (Wildman–Crippen MR) is 142 cm³/mol. The van der Waals surface area contributed by atoms with Crippen LogP contribution in [0.3, 0.4) is 0 Å². The van der Waals surface area contributed by atoms with Crippen molar-refractivity contribution in [3.63, 3.8) is 0 Å². The van der Waals surface area contributed by atoms with Gasteiger partial charge in [-0.1, -0.05) is 0 Å². The van der Waals surface area contributed by atoms with Crippen LogP contribution in [0.15, 0.2) is 56.2 Å². The molecule has 0 aliphatic heterocycles. The third kappa shape index (κ3) is 13.6. The van der Waals surface area contributed by atoms with Crippen LogP contribution in [-0.4, -0.2) is 67.0 Å². The van der Waals surface area contributed by atoms with E-state index in [1.165, 1.54) is 51.3 Å². The smallest absolute Gasteiger partial charge is 0.392 e. The van der Waals surface area contributed by atoms with Crippen LogP contribution in [0.4, 0.5) is 39.5 Å². The van der Waals surface area contributed by atoms with Crippen molar-refractivity contribution < 1.29 is 67.4 Å². The summed E-state index contributed by atoms with van der Waals surface area (Å²) in [6.07, 6.45) is -2.04. The number of rotatable bonds is 18. The van der Waals surface area contributed by atoms with Gasteiger partial charge in [-0.2, -0.15) is 39.5 Å². The van der Waals surface area contributed by atoms with E-state index in [9.17, 15) is 39.5 Å². The topological polar surface area (TPSA) is 92.8 Å². The molecule has 0 aliphatic carbocycles. The number of ether oxygens (including phenoxy) is 3. The normalized spacial score (nSPS) is 12.4. The minimum Gasteiger partial charge on any atom is -0.459 e. The zero-order chi connectivity index (χ0) is 34.8. The molecule has 0 aromatic carbocycles. The van der Waals surface area contributed by atoms with Crippen LogP contribution in [0.5, 0.6) is 18.0 Å². The first-order valence-electron chi connectivity index (χ1n) is 14.6. The summed E-state index contributed by atoms with van der Waals surface area (Å²) in [7, 11) is 0. The number of alkyl halides is 9. The van der Waals surface area contributed by atoms with E-state index in [2.05, 4.69) is 15.0 Å². The fraction of sp³-hybridized carbons (Fsp3) is 0.556. The SMILES string of the molecule is FC(F)(F)CC[n+]1ccn(CCOc2nc(OCCn3cc[n+](CCC(F)(F)F)c3)nc(OCCn3cc[n+](CCC(F)(F)F)c3)n2)c1. The summed E-state index contributed by atoms with van der Waals surface area (Å²) in [5.74, 6) is 0. The van der Waals surface area contributed by atoms with E-state index in [1.54, 1.807) is 32.3 Å². The van der Waals surface area contributed by atoms with E-state index in [0.717, 1.165) is 0 Å². The van der Waals surface area contributed by atoms with E-state index in [0.29, 0.717) is 0 Å². The van der Waals surface area contributed by atoms with Crippen molar-refractivity contribution in [3.05, 3.63) is 56.2 Å². The van der Waals surface area contributed by atoms with Gasteiger partial charge in [0.15, 0.2) is 0 Å². The standard InChI is InChI=1S/C27H33F9N9O3/c28-25(29,30)1-4-40-7-10-43(19-40)13-16-46-22-37-23(47-17-14-44-11-8-41(20-44)5-2-26(31,32)33)39-24(38-22)48-18-15-45-12-9-42(21-45)6-3-27(34,35)36/h7-12,19-21H,1-6,13-18H2/q+3. The summed E-state index contributed by atoms with van der Waals surface area (Å²) in [5.41, 5.74) is 0. The van der Waals surface area contributed by atoms with Gasteiger partial charge in [-0.3, -0.25) is 0 Å². The molecule has 0 fully saturated rings. The molecule has 0 saturated carbocycles. The summed E-state index contributed by atoms with van der Waals surface area (Å²) < 4.78 is 138. The monoisotopic (exact) mass is 702 g/mol. The molecule has 0 atom stereocenters. The minimum atomic E-state index is -4.28. The van der Waals surface area contributed by atoms with Crippen LogP contribution >= 0.6 is 0 Å². The Morgan fingerprint density at radius 2 is 0.750 bits per heavy atom. The van der Waals surface area contributed by atoms with Gasteiger partial charge in [0.2, 0.25) is 19.0 Å². The molecule has 48 heavy (non-hydrogen) atoms. The highest BCUT2D eigenvalue weighted by molar-refractivity contribution is 5.09. The van der Waals surface area contributed by atoms with Gasteiger partial charge in [-0.25, -0.2) is 27.4 Å². The molecule has 0 aliphatic rings. The summed E-state index contributed by atoms with van der Waals surface area (Å²) in [4.78, 5) is 12.3. The van der Waals surface area contributed by atoms with Crippen molar-refractivity contribution in [1.29, 1.82) is 0 Å². The molecule has 0 saturated heterocycles. The molecule has 12 nitrogen and oxygen atoms in total. The zero-order valence-electron chi connectivity index (χ0n) is 25.3. The Hall–Kier alpha value is -4.59. The number of aryl methyl sites for hydroxylation is 3. The van der Waals surface area contributed by atoms with Gasteiger partial charge >= 0.3 is 36.6 Å². The molecule has 0 bridgehead atoms. The number of halogens is 9. The fourth-order valence-corrected chi connectivity index (χ4v) is 4.12. The van der Waals surface area contributed by atoms with Crippen molar-refractivity contribution in [2.24, 2.45) is 0 Å². The van der Waals surface area contributed by atoms with Crippen molar-refractivity contribution in [3.8, 4) is 18.0 Å². The second kappa shape index (κ2) is 16.0. The van der Waals surface area contributed by atoms with E-state index in [1.807, 2.05) is 0 Å². The molecule has 4 heterocycles. The first-order chi connectivity index (χ1) is 22.6. The van der Waals surface area contributed by atoms with Gasteiger partial charge in [0, 0.05) is 0 Å². The molecule has 4 aromatic rings. The highest BCUT2D eigenvalue weighted by Crippen LogP contribution is 2.20. The maximum absolute atomic E-state index is 12.5. The molecule has 4 aromatic heterocycles. The van der Waals surface area contributed by atoms with E-state index in [-0.39, 0.29) is 77.1 Å². The third-order valence-electron chi connectivity index (χ3n) is 6.51. The van der Waals surface area contributed by atoms with Crippen LogP contribution in [0.2, 0.25) is 0 Å². The molecule has 4 rings (SSSR count). The molecular weight excluding hydrogens is 669 g/mol. The summed E-state index contributed by atoms with van der Waals surface area (Å²) in [6, 6.07) is -0.531. The highest BCUT2D eigenvalue weighted by Gasteiger charge is 2.29. The first kappa shape index (κ1) is 36.2. The number of nitrogens with zero attached hydrogens (tertiary/aromatic N) is 9. The van der Waals surface area contributed by atoms with Gasteiger partial charge in [0.05, 0.1) is 38.9 Å². The Bertz CT molecular complexity index is 1370. The number of aromatic nitrogens is 9. The van der Waals surface area contributed by atoms with Crippen molar-refractivity contribution >= 4 is 0 Å². The lowest BCUT2D eigenvalue weighted by Gasteiger charge is -2.09. The van der Waals surface area contributed by atoms with Gasteiger partial charge in [-0.05, 0) is 0 Å². The van der Waals surface area contributed by atoms with Gasteiger partial charge in [0.25, 0.3) is 0 Å². The predicted octanol–water partition coefficient (Wildman–Crippen LogP) is 3.23. The van der Waals surface area contributed by atoms with Crippen LogP contribution in [-0.2, 0) is 39.3 Å². The maximum Gasteiger partial charge on any atom is 0.392 e. The Labute approximate surface area is 267 Å². The molecule has 0 spiro atoms. The largest absolute Gasteiger partial charge is 0.459 e. The van der Waals surface area contributed by atoms with Crippen molar-refractivity contribution in [1.82, 2.24) is 28.7 Å². The average Bonchev–Trinajstić information content (AvgIpc) is 3.75. The molecule has 21 heteroatoms. The quantitative estimate of drug-likeness (QED) is 0.117. The lowest BCUT2D eigenvalue weighted by molar-refractivity contribution is -0.699. The number of hydrogen-bond donors (Lipinski definition) is 0. The number of imidazole rings is 3. The van der Waals surface area contributed by atoms with E-state index in [4.69, 9.17) is 14.2 Å². The molecule has 0 unspecified atom stereocenters. The Morgan fingerprint density at radius 1 is 0.479 bits per heavy atom. The van der Waals surface area contributed by atoms with Gasteiger partial charge < -0.3 is 14.2 Å².